The number of amides is 1. The maximum atomic E-state index is 11.8. The molecule has 0 atom stereocenters. The van der Waals surface area contributed by atoms with E-state index >= 15 is 0 Å². The molecule has 1 aromatic heterocycles. The average molecular weight is 326 g/mol. The van der Waals surface area contributed by atoms with Crippen LogP contribution in [0.4, 0.5) is 5.69 Å². The third kappa shape index (κ3) is 2.44. The molecule has 0 saturated carbocycles. The van der Waals surface area contributed by atoms with E-state index in [2.05, 4.69) is 27.9 Å². The summed E-state index contributed by atoms with van der Waals surface area (Å²) in [7, 11) is 1.85. The standard InChI is InChI=1S/C12H11IN2O/c1-15-8-2-3-11(15)12(16)14-10-6-4-9(13)5-7-10/h2-8H,1H3,(H,14,16). The number of hydrogen-bond acceptors (Lipinski definition) is 1. The van der Waals surface area contributed by atoms with Crippen LogP contribution in [0, 0.1) is 3.57 Å². The Bertz CT molecular complexity index is 502. The zero-order chi connectivity index (χ0) is 11.5. The zero-order valence-electron chi connectivity index (χ0n) is 8.77. The molecule has 1 aromatic carbocycles. The first-order chi connectivity index (χ1) is 7.66. The van der Waals surface area contributed by atoms with E-state index in [0.29, 0.717) is 5.69 Å². The van der Waals surface area contributed by atoms with Crippen LogP contribution >= 0.6 is 22.6 Å². The van der Waals surface area contributed by atoms with Crippen molar-refractivity contribution in [3.8, 4) is 0 Å². The molecule has 0 saturated heterocycles. The van der Waals surface area contributed by atoms with Gasteiger partial charge >= 0.3 is 0 Å². The van der Waals surface area contributed by atoms with Crippen molar-refractivity contribution in [1.29, 1.82) is 0 Å². The molecule has 0 fully saturated rings. The zero-order valence-corrected chi connectivity index (χ0v) is 10.9. The van der Waals surface area contributed by atoms with E-state index in [0.717, 1.165) is 9.26 Å². The Morgan fingerprint density at radius 1 is 1.25 bits per heavy atom. The van der Waals surface area contributed by atoms with Gasteiger partial charge in [-0.1, -0.05) is 0 Å². The molecule has 0 radical (unpaired) electrons. The lowest BCUT2D eigenvalue weighted by Crippen LogP contribution is -2.15. The van der Waals surface area contributed by atoms with Gasteiger partial charge in [-0.25, -0.2) is 0 Å². The highest BCUT2D eigenvalue weighted by Gasteiger charge is 2.08. The number of benzene rings is 1. The summed E-state index contributed by atoms with van der Waals surface area (Å²) >= 11 is 2.23. The minimum atomic E-state index is -0.0892. The minimum absolute atomic E-state index is 0.0892. The summed E-state index contributed by atoms with van der Waals surface area (Å²) in [6.45, 7) is 0. The fourth-order valence-electron chi connectivity index (χ4n) is 1.43. The van der Waals surface area contributed by atoms with Gasteiger partial charge in [-0.2, -0.15) is 0 Å². The van der Waals surface area contributed by atoms with Crippen molar-refractivity contribution < 1.29 is 4.79 Å². The molecule has 1 N–H and O–H groups in total. The molecule has 82 valence electrons. The van der Waals surface area contributed by atoms with Crippen LogP contribution < -0.4 is 5.32 Å². The third-order valence-corrected chi connectivity index (χ3v) is 3.00. The van der Waals surface area contributed by atoms with E-state index < -0.39 is 0 Å². The molecule has 0 bridgehead atoms. The maximum absolute atomic E-state index is 11.8. The van der Waals surface area contributed by atoms with Gasteiger partial charge in [0.15, 0.2) is 0 Å². The molecule has 16 heavy (non-hydrogen) atoms. The van der Waals surface area contributed by atoms with Gasteiger partial charge in [0.25, 0.3) is 5.91 Å². The van der Waals surface area contributed by atoms with Gasteiger partial charge in [-0.05, 0) is 59.0 Å². The van der Waals surface area contributed by atoms with Gasteiger partial charge in [0, 0.05) is 22.5 Å². The Kier molecular flexibility index (Phi) is 3.28. The van der Waals surface area contributed by atoms with Crippen LogP contribution in [-0.4, -0.2) is 10.5 Å². The highest BCUT2D eigenvalue weighted by molar-refractivity contribution is 14.1. The van der Waals surface area contributed by atoms with Crippen LogP contribution in [0.1, 0.15) is 10.5 Å². The van der Waals surface area contributed by atoms with Crippen molar-refractivity contribution in [3.05, 3.63) is 51.9 Å². The van der Waals surface area contributed by atoms with Crippen LogP contribution in [0.15, 0.2) is 42.6 Å². The number of hydrogen-bond donors (Lipinski definition) is 1. The summed E-state index contributed by atoms with van der Waals surface area (Å²) in [5.74, 6) is -0.0892. The Balaban J connectivity index is 2.14. The summed E-state index contributed by atoms with van der Waals surface area (Å²) in [5.41, 5.74) is 1.46. The molecule has 2 rings (SSSR count). The van der Waals surface area contributed by atoms with E-state index in [4.69, 9.17) is 0 Å². The van der Waals surface area contributed by atoms with Crippen LogP contribution in [0.2, 0.25) is 0 Å². The van der Waals surface area contributed by atoms with E-state index in [-0.39, 0.29) is 5.91 Å². The number of rotatable bonds is 2. The predicted molar refractivity (Wildman–Crippen MR) is 72.5 cm³/mol. The predicted octanol–water partition coefficient (Wildman–Crippen LogP) is 2.88. The van der Waals surface area contributed by atoms with Gasteiger partial charge in [0.1, 0.15) is 5.69 Å². The average Bonchev–Trinajstić information content (AvgIpc) is 2.68. The molecule has 0 spiro atoms. The molecule has 1 amide bonds. The first kappa shape index (κ1) is 11.2. The summed E-state index contributed by atoms with van der Waals surface area (Å²) in [6, 6.07) is 11.3. The first-order valence-corrected chi connectivity index (χ1v) is 5.93. The molecule has 0 aliphatic rings. The third-order valence-electron chi connectivity index (χ3n) is 2.28. The monoisotopic (exact) mass is 326 g/mol. The molecular weight excluding hydrogens is 315 g/mol. The smallest absolute Gasteiger partial charge is 0.272 e. The Hall–Kier alpha value is -1.30. The van der Waals surface area contributed by atoms with Crippen LogP contribution in [-0.2, 0) is 7.05 Å². The lowest BCUT2D eigenvalue weighted by molar-refractivity contribution is 0.101. The van der Waals surface area contributed by atoms with Gasteiger partial charge < -0.3 is 9.88 Å². The van der Waals surface area contributed by atoms with Crippen molar-refractivity contribution in [3.63, 3.8) is 0 Å². The molecular formula is C12H11IN2O. The van der Waals surface area contributed by atoms with Gasteiger partial charge in [-0.15, -0.1) is 0 Å². The lowest BCUT2D eigenvalue weighted by atomic mass is 10.3. The van der Waals surface area contributed by atoms with Gasteiger partial charge in [-0.3, -0.25) is 4.79 Å². The van der Waals surface area contributed by atoms with Crippen molar-refractivity contribution in [2.45, 2.75) is 0 Å². The van der Waals surface area contributed by atoms with Crippen molar-refractivity contribution in [2.24, 2.45) is 7.05 Å². The first-order valence-electron chi connectivity index (χ1n) is 4.85. The maximum Gasteiger partial charge on any atom is 0.272 e. The molecule has 0 unspecified atom stereocenters. The van der Waals surface area contributed by atoms with Gasteiger partial charge in [0.05, 0.1) is 0 Å². The van der Waals surface area contributed by atoms with Crippen LogP contribution in [0.3, 0.4) is 0 Å². The molecule has 0 aliphatic carbocycles. The summed E-state index contributed by atoms with van der Waals surface area (Å²) in [5, 5.41) is 2.85. The normalized spacial score (nSPS) is 10.1. The second-order valence-corrected chi connectivity index (χ2v) is 4.71. The van der Waals surface area contributed by atoms with Crippen LogP contribution in [0.25, 0.3) is 0 Å². The minimum Gasteiger partial charge on any atom is -0.347 e. The molecule has 0 aliphatic heterocycles. The SMILES string of the molecule is Cn1cccc1C(=O)Nc1ccc(I)cc1. The fourth-order valence-corrected chi connectivity index (χ4v) is 1.78. The van der Waals surface area contributed by atoms with E-state index in [9.17, 15) is 4.79 Å². The number of carbonyl (C=O) groups is 1. The fraction of sp³-hybridized carbons (Fsp3) is 0.0833. The lowest BCUT2D eigenvalue weighted by Gasteiger charge is -2.05. The number of carbonyl (C=O) groups excluding carboxylic acids is 1. The highest BCUT2D eigenvalue weighted by atomic mass is 127. The molecule has 3 nitrogen and oxygen atoms in total. The largest absolute Gasteiger partial charge is 0.347 e. The second-order valence-electron chi connectivity index (χ2n) is 3.47. The number of halogens is 1. The van der Waals surface area contributed by atoms with Crippen molar-refractivity contribution in [1.82, 2.24) is 4.57 Å². The number of nitrogens with zero attached hydrogens (tertiary/aromatic N) is 1. The summed E-state index contributed by atoms with van der Waals surface area (Å²) < 4.78 is 2.94. The number of aryl methyl sites for hydroxylation is 1. The topological polar surface area (TPSA) is 34.0 Å². The number of nitrogens with one attached hydrogen (secondary N) is 1. The van der Waals surface area contributed by atoms with Crippen molar-refractivity contribution >= 4 is 34.2 Å². The summed E-state index contributed by atoms with van der Waals surface area (Å²) in [6.07, 6.45) is 1.85. The molecule has 2 aromatic rings. The number of anilines is 1. The Morgan fingerprint density at radius 3 is 2.50 bits per heavy atom. The molecule has 4 heteroatoms. The van der Waals surface area contributed by atoms with E-state index in [1.165, 1.54) is 0 Å². The van der Waals surface area contributed by atoms with Gasteiger partial charge in [0.2, 0.25) is 0 Å². The molecule has 1 heterocycles. The van der Waals surface area contributed by atoms with E-state index in [1.807, 2.05) is 43.6 Å². The Morgan fingerprint density at radius 2 is 1.94 bits per heavy atom. The quantitative estimate of drug-likeness (QED) is 0.846. The van der Waals surface area contributed by atoms with E-state index in [1.54, 1.807) is 10.6 Å². The second kappa shape index (κ2) is 4.69. The Labute approximate surface area is 108 Å². The highest BCUT2D eigenvalue weighted by Crippen LogP contribution is 2.12. The summed E-state index contributed by atoms with van der Waals surface area (Å²) in [4.78, 5) is 11.8. The van der Waals surface area contributed by atoms with Crippen LogP contribution in [0.5, 0.6) is 0 Å². The number of aromatic nitrogens is 1. The van der Waals surface area contributed by atoms with Crippen molar-refractivity contribution in [2.75, 3.05) is 5.32 Å².